The number of anilines is 1. The van der Waals surface area contributed by atoms with Crippen molar-refractivity contribution in [2.75, 3.05) is 17.8 Å². The highest BCUT2D eigenvalue weighted by Crippen LogP contribution is 2.16. The van der Waals surface area contributed by atoms with Gasteiger partial charge in [0, 0.05) is 16.8 Å². The molecule has 22 heavy (non-hydrogen) atoms. The average Bonchev–Trinajstić information content (AvgIpc) is 2.47. The number of carbonyl (C=O) groups is 1. The third-order valence-electron chi connectivity index (χ3n) is 3.09. The maximum Gasteiger partial charge on any atom is 0.228 e. The van der Waals surface area contributed by atoms with E-state index >= 15 is 0 Å². The molecule has 0 aromatic heterocycles. The van der Waals surface area contributed by atoms with Gasteiger partial charge in [0.25, 0.3) is 0 Å². The first-order valence-corrected chi connectivity index (χ1v) is 9.73. The highest BCUT2D eigenvalue weighted by Gasteiger charge is 2.08. The summed E-state index contributed by atoms with van der Waals surface area (Å²) in [6.07, 6.45) is 3.43. The van der Waals surface area contributed by atoms with Crippen LogP contribution in [0.5, 0.6) is 0 Å². The van der Waals surface area contributed by atoms with E-state index in [0.717, 1.165) is 16.7 Å². The van der Waals surface area contributed by atoms with E-state index in [1.54, 1.807) is 23.9 Å². The van der Waals surface area contributed by atoms with Gasteiger partial charge in [-0.05, 0) is 48.2 Å². The summed E-state index contributed by atoms with van der Waals surface area (Å²) >= 11 is 1.65. The molecule has 2 rings (SSSR count). The van der Waals surface area contributed by atoms with Crippen LogP contribution in [0.3, 0.4) is 0 Å². The molecule has 2 aromatic rings. The molecule has 0 bridgehead atoms. The van der Waals surface area contributed by atoms with E-state index in [-0.39, 0.29) is 17.2 Å². The Balaban J connectivity index is 1.99. The number of carbonyl (C=O) groups excluding carboxylic acids is 1. The second kappa shape index (κ2) is 6.98. The lowest BCUT2D eigenvalue weighted by molar-refractivity contribution is -0.115. The Morgan fingerprint density at radius 2 is 1.64 bits per heavy atom. The van der Waals surface area contributed by atoms with Crippen LogP contribution in [0.4, 0.5) is 5.69 Å². The predicted molar refractivity (Wildman–Crippen MR) is 90.1 cm³/mol. The molecular weight excluding hydrogens is 318 g/mol. The molecule has 2 aromatic carbocycles. The number of benzene rings is 2. The van der Waals surface area contributed by atoms with Crippen molar-refractivity contribution < 1.29 is 13.2 Å². The normalized spacial score (nSPS) is 11.2. The Morgan fingerprint density at radius 1 is 1.05 bits per heavy atom. The summed E-state index contributed by atoms with van der Waals surface area (Å²) in [5.41, 5.74) is 1.51. The molecule has 0 unspecified atom stereocenters. The minimum atomic E-state index is -3.22. The first-order valence-electron chi connectivity index (χ1n) is 6.61. The summed E-state index contributed by atoms with van der Waals surface area (Å²) in [6.45, 7) is 0. The molecule has 0 aliphatic carbocycles. The topological polar surface area (TPSA) is 63.2 Å². The van der Waals surface area contributed by atoms with Gasteiger partial charge in [-0.1, -0.05) is 12.1 Å². The number of amides is 1. The van der Waals surface area contributed by atoms with E-state index in [1.165, 1.54) is 12.1 Å². The smallest absolute Gasteiger partial charge is 0.228 e. The van der Waals surface area contributed by atoms with Crippen LogP contribution in [-0.4, -0.2) is 26.8 Å². The van der Waals surface area contributed by atoms with Crippen molar-refractivity contribution in [1.29, 1.82) is 0 Å². The number of nitrogens with one attached hydrogen (secondary N) is 1. The van der Waals surface area contributed by atoms with Crippen molar-refractivity contribution in [2.24, 2.45) is 0 Å². The summed E-state index contributed by atoms with van der Waals surface area (Å²) < 4.78 is 22.7. The largest absolute Gasteiger partial charge is 0.326 e. The minimum Gasteiger partial charge on any atom is -0.326 e. The highest BCUT2D eigenvalue weighted by atomic mass is 32.2. The Kier molecular flexibility index (Phi) is 5.26. The Morgan fingerprint density at radius 3 is 2.14 bits per heavy atom. The molecule has 0 spiro atoms. The summed E-state index contributed by atoms with van der Waals surface area (Å²) in [6, 6.07) is 14.0. The van der Waals surface area contributed by atoms with Gasteiger partial charge in [-0.15, -0.1) is 11.8 Å². The summed E-state index contributed by atoms with van der Waals surface area (Å²) in [5, 5.41) is 2.76. The van der Waals surface area contributed by atoms with Gasteiger partial charge < -0.3 is 5.32 Å². The van der Waals surface area contributed by atoms with Gasteiger partial charge in [0.2, 0.25) is 5.91 Å². The first kappa shape index (κ1) is 16.6. The summed E-state index contributed by atoms with van der Waals surface area (Å²) in [7, 11) is -3.22. The fraction of sp³-hybridized carbons (Fsp3) is 0.188. The number of hydrogen-bond donors (Lipinski definition) is 1. The van der Waals surface area contributed by atoms with E-state index < -0.39 is 9.84 Å². The SMILES string of the molecule is CSc1ccc(CC(=O)Nc2ccc(S(C)(=O)=O)cc2)cc1. The molecule has 1 amide bonds. The Bertz CT molecular complexity index is 751. The lowest BCUT2D eigenvalue weighted by Crippen LogP contribution is -2.14. The third-order valence-corrected chi connectivity index (χ3v) is 4.96. The predicted octanol–water partition coefficient (Wildman–Crippen LogP) is 2.99. The molecule has 4 nitrogen and oxygen atoms in total. The van der Waals surface area contributed by atoms with Crippen molar-refractivity contribution in [3.63, 3.8) is 0 Å². The van der Waals surface area contributed by atoms with Gasteiger partial charge in [-0.2, -0.15) is 0 Å². The lowest BCUT2D eigenvalue weighted by Gasteiger charge is -2.07. The molecular formula is C16H17NO3S2. The molecule has 0 heterocycles. The maximum absolute atomic E-state index is 12.0. The molecule has 0 fully saturated rings. The molecule has 0 saturated carbocycles. The van der Waals surface area contributed by atoms with Crippen LogP contribution in [0.2, 0.25) is 0 Å². The number of hydrogen-bond acceptors (Lipinski definition) is 4. The zero-order chi connectivity index (χ0) is 16.2. The minimum absolute atomic E-state index is 0.135. The highest BCUT2D eigenvalue weighted by molar-refractivity contribution is 7.98. The molecule has 116 valence electrons. The van der Waals surface area contributed by atoms with E-state index in [0.29, 0.717) is 5.69 Å². The van der Waals surface area contributed by atoms with Crippen molar-refractivity contribution in [3.8, 4) is 0 Å². The van der Waals surface area contributed by atoms with E-state index in [4.69, 9.17) is 0 Å². The van der Waals surface area contributed by atoms with Crippen LogP contribution in [0.15, 0.2) is 58.3 Å². The van der Waals surface area contributed by atoms with Crippen LogP contribution in [0, 0.1) is 0 Å². The van der Waals surface area contributed by atoms with Crippen molar-refractivity contribution in [2.45, 2.75) is 16.2 Å². The molecule has 1 N–H and O–H groups in total. The lowest BCUT2D eigenvalue weighted by atomic mass is 10.1. The standard InChI is InChI=1S/C16H17NO3S2/c1-21-14-7-3-12(4-8-14)11-16(18)17-13-5-9-15(10-6-13)22(2,19)20/h3-10H,11H2,1-2H3,(H,17,18). The quantitative estimate of drug-likeness (QED) is 0.853. The second-order valence-corrected chi connectivity index (χ2v) is 7.76. The van der Waals surface area contributed by atoms with E-state index in [2.05, 4.69) is 5.32 Å². The molecule has 0 atom stereocenters. The Labute approximate surface area is 134 Å². The van der Waals surface area contributed by atoms with E-state index in [9.17, 15) is 13.2 Å². The first-order chi connectivity index (χ1) is 10.4. The van der Waals surface area contributed by atoms with Crippen LogP contribution in [0.25, 0.3) is 0 Å². The summed E-state index contributed by atoms with van der Waals surface area (Å²) in [5.74, 6) is -0.135. The fourth-order valence-electron chi connectivity index (χ4n) is 1.92. The van der Waals surface area contributed by atoms with Gasteiger partial charge in [0.05, 0.1) is 11.3 Å². The zero-order valence-electron chi connectivity index (χ0n) is 12.4. The van der Waals surface area contributed by atoms with Gasteiger partial charge in [-0.25, -0.2) is 8.42 Å². The molecule has 0 aliphatic heterocycles. The number of rotatable bonds is 5. The van der Waals surface area contributed by atoms with Crippen LogP contribution >= 0.6 is 11.8 Å². The van der Waals surface area contributed by atoms with Crippen LogP contribution in [-0.2, 0) is 21.1 Å². The van der Waals surface area contributed by atoms with Crippen molar-refractivity contribution >= 4 is 33.2 Å². The fourth-order valence-corrected chi connectivity index (χ4v) is 2.96. The number of sulfone groups is 1. The van der Waals surface area contributed by atoms with Gasteiger partial charge in [-0.3, -0.25) is 4.79 Å². The Hall–Kier alpha value is -1.79. The second-order valence-electron chi connectivity index (χ2n) is 4.87. The molecule has 0 radical (unpaired) electrons. The van der Waals surface area contributed by atoms with Crippen LogP contribution < -0.4 is 5.32 Å². The summed E-state index contributed by atoms with van der Waals surface area (Å²) in [4.78, 5) is 13.4. The van der Waals surface area contributed by atoms with E-state index in [1.807, 2.05) is 30.5 Å². The van der Waals surface area contributed by atoms with Crippen molar-refractivity contribution in [1.82, 2.24) is 0 Å². The molecule has 6 heteroatoms. The third kappa shape index (κ3) is 4.61. The monoisotopic (exact) mass is 335 g/mol. The molecule has 0 aliphatic rings. The maximum atomic E-state index is 12.0. The van der Waals surface area contributed by atoms with Gasteiger partial charge in [0.1, 0.15) is 0 Å². The number of thioether (sulfide) groups is 1. The zero-order valence-corrected chi connectivity index (χ0v) is 14.0. The van der Waals surface area contributed by atoms with Gasteiger partial charge in [0.15, 0.2) is 9.84 Å². The van der Waals surface area contributed by atoms with Crippen LogP contribution in [0.1, 0.15) is 5.56 Å². The molecule has 0 saturated heterocycles. The average molecular weight is 335 g/mol. The van der Waals surface area contributed by atoms with Crippen molar-refractivity contribution in [3.05, 3.63) is 54.1 Å². The van der Waals surface area contributed by atoms with Gasteiger partial charge >= 0.3 is 0 Å².